The van der Waals surface area contributed by atoms with E-state index in [1.807, 2.05) is 0 Å². The van der Waals surface area contributed by atoms with E-state index in [2.05, 4.69) is 17.0 Å². The van der Waals surface area contributed by atoms with Gasteiger partial charge in [0.25, 0.3) is 0 Å². The van der Waals surface area contributed by atoms with Crippen molar-refractivity contribution in [3.8, 4) is 0 Å². The minimum Gasteiger partial charge on any atom is -0.283 e. The van der Waals surface area contributed by atoms with Gasteiger partial charge >= 0.3 is 0 Å². The van der Waals surface area contributed by atoms with Crippen LogP contribution < -0.4 is 5.43 Å². The molecule has 1 aliphatic rings. The zero-order valence-electron chi connectivity index (χ0n) is 6.72. The molecule has 4 nitrogen and oxygen atoms in total. The summed E-state index contributed by atoms with van der Waals surface area (Å²) in [5.41, 5.74) is 3.51. The molecule has 0 aliphatic carbocycles. The topological polar surface area (TPSA) is 44.7 Å². The van der Waals surface area contributed by atoms with Crippen molar-refractivity contribution in [2.24, 2.45) is 4.99 Å². The second-order valence-corrected chi connectivity index (χ2v) is 2.54. The molecule has 1 amide bonds. The molecule has 1 N–H and O–H groups in total. The molecule has 60 valence electrons. The first-order valence-electron chi connectivity index (χ1n) is 3.36. The fourth-order valence-corrected chi connectivity index (χ4v) is 0.852. The van der Waals surface area contributed by atoms with Crippen LogP contribution in [0.5, 0.6) is 0 Å². The van der Waals surface area contributed by atoms with E-state index in [-0.39, 0.29) is 5.91 Å². The van der Waals surface area contributed by atoms with Crippen molar-refractivity contribution in [2.75, 3.05) is 7.05 Å². The van der Waals surface area contributed by atoms with Gasteiger partial charge in [0.1, 0.15) is 5.84 Å². The number of allylic oxidation sites excluding steroid dienone is 1. The molecule has 4 heteroatoms. The highest BCUT2D eigenvalue weighted by atomic mass is 16.2. The minimum atomic E-state index is 0.0324. The van der Waals surface area contributed by atoms with Crippen LogP contribution in [0.1, 0.15) is 13.3 Å². The fraction of sp³-hybridized carbons (Fsp3) is 0.429. The van der Waals surface area contributed by atoms with E-state index in [1.165, 1.54) is 5.01 Å². The highest BCUT2D eigenvalue weighted by molar-refractivity contribution is 6.05. The lowest BCUT2D eigenvalue weighted by Gasteiger charge is -2.06. The second kappa shape index (κ2) is 2.74. The third-order valence-corrected chi connectivity index (χ3v) is 1.32. The molecule has 1 fully saturated rings. The van der Waals surface area contributed by atoms with Gasteiger partial charge in [-0.15, -0.1) is 0 Å². The second-order valence-electron chi connectivity index (χ2n) is 2.54. The molecule has 0 spiro atoms. The number of aliphatic imine (C=N–C) groups is 1. The molecule has 0 aromatic carbocycles. The van der Waals surface area contributed by atoms with Crippen LogP contribution in [-0.4, -0.2) is 23.8 Å². The highest BCUT2D eigenvalue weighted by Gasteiger charge is 2.21. The number of carbonyl (C=O) groups is 1. The zero-order chi connectivity index (χ0) is 8.43. The smallest absolute Gasteiger partial charge is 0.248 e. The Hall–Kier alpha value is -1.32. The molecule has 1 saturated heterocycles. The Kier molecular flexibility index (Phi) is 1.94. The number of amidine groups is 1. The SMILES string of the molecule is C=C(C)N=C1CC(=O)N(C)N1. The first-order valence-corrected chi connectivity index (χ1v) is 3.36. The third-order valence-electron chi connectivity index (χ3n) is 1.32. The summed E-state index contributed by atoms with van der Waals surface area (Å²) in [6.45, 7) is 5.40. The molecule has 0 aromatic rings. The van der Waals surface area contributed by atoms with Gasteiger partial charge in [0.2, 0.25) is 5.91 Å². The monoisotopic (exact) mass is 153 g/mol. The van der Waals surface area contributed by atoms with E-state index in [9.17, 15) is 4.79 Å². The van der Waals surface area contributed by atoms with Gasteiger partial charge in [0, 0.05) is 12.7 Å². The van der Waals surface area contributed by atoms with Gasteiger partial charge in [-0.3, -0.25) is 15.2 Å². The molecule has 0 unspecified atom stereocenters. The van der Waals surface area contributed by atoms with Gasteiger partial charge in [-0.05, 0) is 6.92 Å². The normalized spacial score (nSPS) is 20.7. The van der Waals surface area contributed by atoms with Crippen LogP contribution >= 0.6 is 0 Å². The summed E-state index contributed by atoms with van der Waals surface area (Å²) in [4.78, 5) is 14.9. The van der Waals surface area contributed by atoms with Crippen molar-refractivity contribution in [1.29, 1.82) is 0 Å². The lowest BCUT2D eigenvalue weighted by molar-refractivity contribution is -0.128. The Bertz CT molecular complexity index is 232. The van der Waals surface area contributed by atoms with Crippen molar-refractivity contribution < 1.29 is 4.79 Å². The Morgan fingerprint density at radius 1 is 1.82 bits per heavy atom. The summed E-state index contributed by atoms with van der Waals surface area (Å²) in [5, 5.41) is 1.42. The van der Waals surface area contributed by atoms with Gasteiger partial charge in [0.15, 0.2) is 0 Å². The van der Waals surface area contributed by atoms with Crippen molar-refractivity contribution >= 4 is 11.7 Å². The number of nitrogens with one attached hydrogen (secondary N) is 1. The largest absolute Gasteiger partial charge is 0.283 e. The van der Waals surface area contributed by atoms with E-state index in [0.717, 1.165) is 0 Å². The molecule has 1 rings (SSSR count). The van der Waals surface area contributed by atoms with Crippen LogP contribution in [0.25, 0.3) is 0 Å². The van der Waals surface area contributed by atoms with Gasteiger partial charge in [-0.1, -0.05) is 6.58 Å². The lowest BCUT2D eigenvalue weighted by Crippen LogP contribution is -2.31. The molecule has 11 heavy (non-hydrogen) atoms. The molecule has 0 bridgehead atoms. The number of hydrogen-bond donors (Lipinski definition) is 1. The highest BCUT2D eigenvalue weighted by Crippen LogP contribution is 2.01. The van der Waals surface area contributed by atoms with E-state index in [4.69, 9.17) is 0 Å². The fourth-order valence-electron chi connectivity index (χ4n) is 0.852. The molecule has 1 heterocycles. The first kappa shape index (κ1) is 7.78. The van der Waals surface area contributed by atoms with Crippen LogP contribution in [0.2, 0.25) is 0 Å². The van der Waals surface area contributed by atoms with E-state index in [1.54, 1.807) is 14.0 Å². The molecule has 0 saturated carbocycles. The lowest BCUT2D eigenvalue weighted by atomic mass is 10.4. The molecule has 0 radical (unpaired) electrons. The molecular weight excluding hydrogens is 142 g/mol. The first-order chi connectivity index (χ1) is 5.09. The molecule has 1 aliphatic heterocycles. The number of rotatable bonds is 1. The Morgan fingerprint density at radius 2 is 2.45 bits per heavy atom. The van der Waals surface area contributed by atoms with E-state index >= 15 is 0 Å². The average Bonchev–Trinajstić information content (AvgIpc) is 2.10. The van der Waals surface area contributed by atoms with E-state index in [0.29, 0.717) is 18.0 Å². The van der Waals surface area contributed by atoms with Gasteiger partial charge in [-0.2, -0.15) is 0 Å². The van der Waals surface area contributed by atoms with Crippen LogP contribution in [0.15, 0.2) is 17.3 Å². The number of amides is 1. The number of carbonyl (C=O) groups excluding carboxylic acids is 1. The predicted molar refractivity (Wildman–Crippen MR) is 42.8 cm³/mol. The quantitative estimate of drug-likeness (QED) is 0.588. The maximum Gasteiger partial charge on any atom is 0.248 e. The predicted octanol–water partition coefficient (Wildman–Crippen LogP) is 0.285. The van der Waals surface area contributed by atoms with Gasteiger partial charge < -0.3 is 0 Å². The summed E-state index contributed by atoms with van der Waals surface area (Å²) in [6, 6.07) is 0. The van der Waals surface area contributed by atoms with Crippen LogP contribution in [-0.2, 0) is 4.79 Å². The Labute approximate surface area is 65.6 Å². The summed E-state index contributed by atoms with van der Waals surface area (Å²) in [5.74, 6) is 0.704. The number of hydrazine groups is 1. The maximum absolute atomic E-state index is 10.9. The van der Waals surface area contributed by atoms with E-state index < -0.39 is 0 Å². The van der Waals surface area contributed by atoms with Gasteiger partial charge in [-0.25, -0.2) is 4.99 Å². The summed E-state index contributed by atoms with van der Waals surface area (Å²) < 4.78 is 0. The summed E-state index contributed by atoms with van der Waals surface area (Å²) in [7, 11) is 1.67. The molecule has 0 aromatic heterocycles. The zero-order valence-corrected chi connectivity index (χ0v) is 6.72. The van der Waals surface area contributed by atoms with Crippen molar-refractivity contribution in [1.82, 2.24) is 10.4 Å². The summed E-state index contributed by atoms with van der Waals surface area (Å²) in [6.07, 6.45) is 0.351. The Morgan fingerprint density at radius 3 is 2.82 bits per heavy atom. The van der Waals surface area contributed by atoms with Crippen LogP contribution in [0, 0.1) is 0 Å². The van der Waals surface area contributed by atoms with Crippen LogP contribution in [0.4, 0.5) is 0 Å². The standard InChI is InChI=1S/C7H11N3O/c1-5(2)8-6-4-7(11)10(3)9-6/h1,4H2,2-3H3,(H,8,9). The number of hydrogen-bond acceptors (Lipinski definition) is 2. The van der Waals surface area contributed by atoms with Crippen LogP contribution in [0.3, 0.4) is 0 Å². The van der Waals surface area contributed by atoms with Crippen molar-refractivity contribution in [2.45, 2.75) is 13.3 Å². The maximum atomic E-state index is 10.9. The average molecular weight is 153 g/mol. The molecule has 0 atom stereocenters. The van der Waals surface area contributed by atoms with Crippen molar-refractivity contribution in [3.63, 3.8) is 0 Å². The summed E-state index contributed by atoms with van der Waals surface area (Å²) >= 11 is 0. The third kappa shape index (κ3) is 1.80. The van der Waals surface area contributed by atoms with Crippen molar-refractivity contribution in [3.05, 3.63) is 12.3 Å². The Balaban J connectivity index is 2.67. The number of nitrogens with zero attached hydrogens (tertiary/aromatic N) is 2. The van der Waals surface area contributed by atoms with Gasteiger partial charge in [0.05, 0.1) is 6.42 Å². The minimum absolute atomic E-state index is 0.0324. The molecular formula is C7H11N3O.